The Morgan fingerprint density at radius 1 is 1.19 bits per heavy atom. The van der Waals surface area contributed by atoms with Crippen molar-refractivity contribution >= 4 is 41.3 Å². The zero-order chi connectivity index (χ0) is 21.8. The summed E-state index contributed by atoms with van der Waals surface area (Å²) in [6.45, 7) is 4.53. The van der Waals surface area contributed by atoms with Gasteiger partial charge < -0.3 is 29.4 Å². The number of benzene rings is 1. The van der Waals surface area contributed by atoms with Crippen LogP contribution in [0.2, 0.25) is 0 Å². The Kier molecular flexibility index (Phi) is 8.05. The van der Waals surface area contributed by atoms with Crippen molar-refractivity contribution in [3.05, 3.63) is 54.0 Å². The standard InChI is InChI=1S/C23H30N6O2.HI/c1-16-6-5-7-22-26-18(15-29(16)22)13-25-23(24-2)27-17-8-9-28(14-17)19-10-20(30-3)12-21(11-19)31-4;/h5-7,10-12,15,17H,8-9,13-14H2,1-4H3,(H2,24,25,27);1H. The molecule has 0 amide bonds. The molecule has 1 aliphatic rings. The van der Waals surface area contributed by atoms with Crippen molar-refractivity contribution in [3.63, 3.8) is 0 Å². The van der Waals surface area contributed by atoms with Crippen molar-refractivity contribution in [2.24, 2.45) is 4.99 Å². The van der Waals surface area contributed by atoms with E-state index in [1.165, 1.54) is 5.69 Å². The molecule has 2 aromatic heterocycles. The molecule has 0 saturated carbocycles. The summed E-state index contributed by atoms with van der Waals surface area (Å²) in [6.07, 6.45) is 3.09. The van der Waals surface area contributed by atoms with Crippen LogP contribution in [0.15, 0.2) is 47.6 Å². The molecule has 0 aliphatic carbocycles. The van der Waals surface area contributed by atoms with Gasteiger partial charge in [-0.2, -0.15) is 0 Å². The van der Waals surface area contributed by atoms with Crippen molar-refractivity contribution in [2.45, 2.75) is 25.9 Å². The van der Waals surface area contributed by atoms with E-state index >= 15 is 0 Å². The van der Waals surface area contributed by atoms with Crippen LogP contribution >= 0.6 is 24.0 Å². The predicted molar refractivity (Wildman–Crippen MR) is 139 cm³/mol. The molecule has 4 rings (SSSR count). The first-order valence-electron chi connectivity index (χ1n) is 10.5. The number of hydrogen-bond acceptors (Lipinski definition) is 5. The van der Waals surface area contributed by atoms with Gasteiger partial charge in [0.05, 0.1) is 26.5 Å². The Balaban J connectivity index is 0.00000289. The molecule has 1 atom stereocenters. The molecule has 9 heteroatoms. The van der Waals surface area contributed by atoms with Gasteiger partial charge in [0, 0.05) is 62.0 Å². The van der Waals surface area contributed by atoms with Crippen molar-refractivity contribution < 1.29 is 9.47 Å². The molecule has 1 aromatic carbocycles. The zero-order valence-electron chi connectivity index (χ0n) is 19.0. The fourth-order valence-electron chi connectivity index (χ4n) is 3.93. The van der Waals surface area contributed by atoms with E-state index in [1.807, 2.05) is 30.3 Å². The number of fused-ring (bicyclic) bond motifs is 1. The van der Waals surface area contributed by atoms with Gasteiger partial charge in [-0.1, -0.05) is 6.07 Å². The third kappa shape index (κ3) is 5.37. The summed E-state index contributed by atoms with van der Waals surface area (Å²) in [5.74, 6) is 2.38. The summed E-state index contributed by atoms with van der Waals surface area (Å²) in [6, 6.07) is 12.4. The molecule has 1 aliphatic heterocycles. The number of methoxy groups -OCH3 is 2. The summed E-state index contributed by atoms with van der Waals surface area (Å²) < 4.78 is 12.9. The monoisotopic (exact) mass is 550 g/mol. The molecule has 0 radical (unpaired) electrons. The average Bonchev–Trinajstić information content (AvgIpc) is 3.43. The third-order valence-corrected chi connectivity index (χ3v) is 5.64. The van der Waals surface area contributed by atoms with Gasteiger partial charge in [0.2, 0.25) is 0 Å². The molecule has 3 aromatic rings. The number of halogens is 1. The van der Waals surface area contributed by atoms with Crippen LogP contribution < -0.4 is 25.0 Å². The molecule has 1 saturated heterocycles. The molecular weight excluding hydrogens is 519 g/mol. The highest BCUT2D eigenvalue weighted by Gasteiger charge is 2.24. The van der Waals surface area contributed by atoms with E-state index in [4.69, 9.17) is 9.47 Å². The Labute approximate surface area is 206 Å². The number of imidazole rings is 1. The quantitative estimate of drug-likeness (QED) is 0.279. The number of aliphatic imine (C=N–C) groups is 1. The van der Waals surface area contributed by atoms with E-state index in [1.54, 1.807) is 21.3 Å². The van der Waals surface area contributed by atoms with E-state index in [-0.39, 0.29) is 24.0 Å². The normalized spacial score (nSPS) is 16.1. The molecule has 8 nitrogen and oxygen atoms in total. The third-order valence-electron chi connectivity index (χ3n) is 5.64. The fraction of sp³-hybridized carbons (Fsp3) is 0.391. The van der Waals surface area contributed by atoms with Crippen LogP contribution in [-0.2, 0) is 6.54 Å². The Bertz CT molecular complexity index is 1060. The number of pyridine rings is 1. The number of hydrogen-bond donors (Lipinski definition) is 2. The molecule has 3 heterocycles. The first-order valence-corrected chi connectivity index (χ1v) is 10.5. The molecule has 0 bridgehead atoms. The van der Waals surface area contributed by atoms with Crippen molar-refractivity contribution in [1.82, 2.24) is 20.0 Å². The summed E-state index contributed by atoms with van der Waals surface area (Å²) in [7, 11) is 5.14. The van der Waals surface area contributed by atoms with Crippen LogP contribution in [0.25, 0.3) is 5.65 Å². The van der Waals surface area contributed by atoms with Crippen LogP contribution in [0, 0.1) is 6.92 Å². The molecule has 1 fully saturated rings. The largest absolute Gasteiger partial charge is 0.497 e. The highest BCUT2D eigenvalue weighted by molar-refractivity contribution is 14.0. The van der Waals surface area contributed by atoms with Crippen LogP contribution in [0.3, 0.4) is 0 Å². The number of aryl methyl sites for hydroxylation is 1. The number of aromatic nitrogens is 2. The second kappa shape index (κ2) is 10.8. The minimum absolute atomic E-state index is 0. The zero-order valence-corrected chi connectivity index (χ0v) is 21.3. The molecule has 1 unspecified atom stereocenters. The second-order valence-corrected chi connectivity index (χ2v) is 7.70. The maximum atomic E-state index is 5.41. The first-order chi connectivity index (χ1) is 15.1. The lowest BCUT2D eigenvalue weighted by Crippen LogP contribution is -2.44. The van der Waals surface area contributed by atoms with Crippen molar-refractivity contribution in [1.29, 1.82) is 0 Å². The number of anilines is 1. The minimum Gasteiger partial charge on any atom is -0.497 e. The van der Waals surface area contributed by atoms with Crippen LogP contribution in [-0.4, -0.2) is 55.7 Å². The van der Waals surface area contributed by atoms with Crippen LogP contribution in [0.4, 0.5) is 5.69 Å². The minimum atomic E-state index is 0. The molecule has 32 heavy (non-hydrogen) atoms. The van der Waals surface area contributed by atoms with E-state index in [0.717, 1.165) is 54.0 Å². The smallest absolute Gasteiger partial charge is 0.191 e. The number of nitrogens with zero attached hydrogens (tertiary/aromatic N) is 4. The highest BCUT2D eigenvalue weighted by atomic mass is 127. The topological polar surface area (TPSA) is 75.4 Å². The fourth-order valence-corrected chi connectivity index (χ4v) is 3.93. The van der Waals surface area contributed by atoms with E-state index < -0.39 is 0 Å². The Morgan fingerprint density at radius 2 is 1.94 bits per heavy atom. The number of guanidine groups is 1. The van der Waals surface area contributed by atoms with Gasteiger partial charge in [0.25, 0.3) is 0 Å². The molecular formula is C23H31IN6O2. The summed E-state index contributed by atoms with van der Waals surface area (Å²) in [4.78, 5) is 11.4. The van der Waals surface area contributed by atoms with Gasteiger partial charge in [0.1, 0.15) is 17.1 Å². The summed E-state index contributed by atoms with van der Waals surface area (Å²) >= 11 is 0. The first kappa shape index (κ1) is 24.0. The summed E-state index contributed by atoms with van der Waals surface area (Å²) in [5.41, 5.74) is 4.20. The van der Waals surface area contributed by atoms with Gasteiger partial charge in [-0.3, -0.25) is 4.99 Å². The van der Waals surface area contributed by atoms with Gasteiger partial charge in [-0.15, -0.1) is 24.0 Å². The number of rotatable bonds is 6. The van der Waals surface area contributed by atoms with Crippen LogP contribution in [0.1, 0.15) is 17.8 Å². The molecule has 2 N–H and O–H groups in total. The summed E-state index contributed by atoms with van der Waals surface area (Å²) in [5, 5.41) is 6.93. The van der Waals surface area contributed by atoms with Crippen molar-refractivity contribution in [3.8, 4) is 11.5 Å². The highest BCUT2D eigenvalue weighted by Crippen LogP contribution is 2.30. The second-order valence-electron chi connectivity index (χ2n) is 7.70. The lowest BCUT2D eigenvalue weighted by atomic mass is 10.2. The maximum Gasteiger partial charge on any atom is 0.191 e. The molecule has 0 spiro atoms. The van der Waals surface area contributed by atoms with E-state index in [2.05, 4.69) is 49.1 Å². The van der Waals surface area contributed by atoms with Gasteiger partial charge in [-0.05, 0) is 25.5 Å². The van der Waals surface area contributed by atoms with E-state index in [9.17, 15) is 0 Å². The number of ether oxygens (including phenoxy) is 2. The number of nitrogens with one attached hydrogen (secondary N) is 2. The SMILES string of the molecule is CN=C(NCc1cn2c(C)cccc2n1)NC1CCN(c2cc(OC)cc(OC)c2)C1.I. The van der Waals surface area contributed by atoms with E-state index in [0.29, 0.717) is 12.6 Å². The van der Waals surface area contributed by atoms with Gasteiger partial charge >= 0.3 is 0 Å². The maximum absolute atomic E-state index is 5.41. The molecule has 172 valence electrons. The lowest BCUT2D eigenvalue weighted by molar-refractivity contribution is 0.394. The van der Waals surface area contributed by atoms with Crippen molar-refractivity contribution in [2.75, 3.05) is 39.3 Å². The Morgan fingerprint density at radius 3 is 2.59 bits per heavy atom. The van der Waals surface area contributed by atoms with Gasteiger partial charge in [-0.25, -0.2) is 4.98 Å². The van der Waals surface area contributed by atoms with Gasteiger partial charge in [0.15, 0.2) is 5.96 Å². The average molecular weight is 550 g/mol. The Hall–Kier alpha value is -2.69. The lowest BCUT2D eigenvalue weighted by Gasteiger charge is -2.21. The predicted octanol–water partition coefficient (Wildman–Crippen LogP) is 3.22. The van der Waals surface area contributed by atoms with Crippen LogP contribution in [0.5, 0.6) is 11.5 Å².